The highest BCUT2D eigenvalue weighted by Crippen LogP contribution is 2.56. The molecule has 1 aromatic rings. The average Bonchev–Trinajstić information content (AvgIpc) is 2.64. The second-order valence-electron chi connectivity index (χ2n) is 5.10. The van der Waals surface area contributed by atoms with Gasteiger partial charge in [-0.15, -0.1) is 0 Å². The summed E-state index contributed by atoms with van der Waals surface area (Å²) >= 11 is 0. The SMILES string of the molecule is O=C1OC(P(=O)(O)O)c2cc(OC3CC(F)(F)C3)ccc21. The van der Waals surface area contributed by atoms with Crippen LogP contribution in [0.15, 0.2) is 18.2 Å². The molecular formula is C12H11F2O6P. The zero-order chi connectivity index (χ0) is 15.4. The van der Waals surface area contributed by atoms with Crippen molar-refractivity contribution >= 4 is 13.6 Å². The fraction of sp³-hybridized carbons (Fsp3) is 0.417. The Balaban J connectivity index is 1.84. The summed E-state index contributed by atoms with van der Waals surface area (Å²) in [6.07, 6.45) is -1.45. The molecular weight excluding hydrogens is 309 g/mol. The van der Waals surface area contributed by atoms with Crippen LogP contribution in [0.3, 0.4) is 0 Å². The molecule has 0 aromatic heterocycles. The van der Waals surface area contributed by atoms with E-state index < -0.39 is 44.3 Å². The van der Waals surface area contributed by atoms with Gasteiger partial charge in [-0.25, -0.2) is 13.6 Å². The maximum absolute atomic E-state index is 12.7. The lowest BCUT2D eigenvalue weighted by Gasteiger charge is -2.34. The minimum atomic E-state index is -4.67. The molecule has 3 rings (SSSR count). The number of hydrogen-bond donors (Lipinski definition) is 2. The summed E-state index contributed by atoms with van der Waals surface area (Å²) < 4.78 is 46.7. The topological polar surface area (TPSA) is 93.1 Å². The second kappa shape index (κ2) is 4.50. The summed E-state index contributed by atoms with van der Waals surface area (Å²) in [6, 6.07) is 3.94. The number of hydrogen-bond acceptors (Lipinski definition) is 4. The molecule has 1 aliphatic carbocycles. The molecule has 1 saturated carbocycles. The summed E-state index contributed by atoms with van der Waals surface area (Å²) in [5.41, 5.74) is 0.0477. The number of cyclic esters (lactones) is 1. The van der Waals surface area contributed by atoms with Gasteiger partial charge in [0.25, 0.3) is 5.92 Å². The highest BCUT2D eigenvalue weighted by molar-refractivity contribution is 7.52. The van der Waals surface area contributed by atoms with Gasteiger partial charge in [0.05, 0.1) is 5.56 Å². The third-order valence-electron chi connectivity index (χ3n) is 3.39. The summed E-state index contributed by atoms with van der Waals surface area (Å²) in [5, 5.41) is 0. The predicted molar refractivity (Wildman–Crippen MR) is 65.2 cm³/mol. The van der Waals surface area contributed by atoms with Gasteiger partial charge in [-0.05, 0) is 18.2 Å². The Morgan fingerprint density at radius 1 is 1.33 bits per heavy atom. The average molecular weight is 320 g/mol. The second-order valence-corrected chi connectivity index (χ2v) is 6.75. The normalized spacial score (nSPS) is 24.2. The van der Waals surface area contributed by atoms with Crippen molar-refractivity contribution in [3.8, 4) is 5.75 Å². The standard InChI is InChI=1S/C12H11F2O6P/c13-12(14)4-7(5-12)19-6-1-2-8-9(3-6)11(20-10(8)15)21(16,17)18/h1-3,7,11H,4-5H2,(H2,16,17,18). The van der Waals surface area contributed by atoms with Gasteiger partial charge in [-0.1, -0.05) is 0 Å². The molecule has 21 heavy (non-hydrogen) atoms. The zero-order valence-electron chi connectivity index (χ0n) is 10.5. The number of carbonyl (C=O) groups excluding carboxylic acids is 1. The van der Waals surface area contributed by atoms with Gasteiger partial charge in [0.2, 0.25) is 5.85 Å². The Hall–Kier alpha value is -1.50. The van der Waals surface area contributed by atoms with E-state index in [-0.39, 0.29) is 16.9 Å². The van der Waals surface area contributed by atoms with Gasteiger partial charge < -0.3 is 19.3 Å². The first kappa shape index (κ1) is 14.4. The molecule has 0 bridgehead atoms. The van der Waals surface area contributed by atoms with Crippen molar-refractivity contribution in [3.63, 3.8) is 0 Å². The number of rotatable bonds is 3. The molecule has 0 spiro atoms. The molecule has 0 radical (unpaired) electrons. The molecule has 2 N–H and O–H groups in total. The van der Waals surface area contributed by atoms with Gasteiger partial charge in [0.15, 0.2) is 0 Å². The molecule has 0 amide bonds. The quantitative estimate of drug-likeness (QED) is 0.655. The van der Waals surface area contributed by atoms with Gasteiger partial charge in [0, 0.05) is 18.4 Å². The van der Waals surface area contributed by atoms with Crippen LogP contribution in [0.1, 0.15) is 34.6 Å². The number of fused-ring (bicyclic) bond motifs is 1. The van der Waals surface area contributed by atoms with E-state index in [1.54, 1.807) is 0 Å². The maximum Gasteiger partial charge on any atom is 0.370 e. The van der Waals surface area contributed by atoms with Crippen molar-refractivity contribution in [2.45, 2.75) is 30.7 Å². The first-order valence-corrected chi connectivity index (χ1v) is 7.78. The molecule has 1 aromatic carbocycles. The lowest BCUT2D eigenvalue weighted by atomic mass is 9.91. The van der Waals surface area contributed by atoms with Crippen LogP contribution in [-0.4, -0.2) is 27.8 Å². The molecule has 1 heterocycles. The first-order chi connectivity index (χ1) is 9.66. The maximum atomic E-state index is 12.7. The Morgan fingerprint density at radius 2 is 2.00 bits per heavy atom. The number of ether oxygens (including phenoxy) is 2. The van der Waals surface area contributed by atoms with Crippen molar-refractivity contribution in [2.24, 2.45) is 0 Å². The third-order valence-corrected chi connectivity index (χ3v) is 4.38. The molecule has 1 aliphatic heterocycles. The minimum Gasteiger partial charge on any atom is -0.490 e. The number of halogens is 2. The van der Waals surface area contributed by atoms with Crippen molar-refractivity contribution in [1.82, 2.24) is 0 Å². The summed E-state index contributed by atoms with van der Waals surface area (Å²) in [6.45, 7) is 0. The zero-order valence-corrected chi connectivity index (χ0v) is 11.4. The van der Waals surface area contributed by atoms with Crippen LogP contribution in [0.4, 0.5) is 8.78 Å². The van der Waals surface area contributed by atoms with Crippen LogP contribution in [0.25, 0.3) is 0 Å². The van der Waals surface area contributed by atoms with E-state index in [4.69, 9.17) is 4.74 Å². The lowest BCUT2D eigenvalue weighted by Crippen LogP contribution is -2.43. The van der Waals surface area contributed by atoms with Crippen LogP contribution < -0.4 is 4.74 Å². The summed E-state index contributed by atoms with van der Waals surface area (Å²) in [4.78, 5) is 29.9. The molecule has 1 atom stereocenters. The molecule has 1 unspecified atom stereocenters. The Morgan fingerprint density at radius 3 is 2.57 bits per heavy atom. The fourth-order valence-corrected chi connectivity index (χ4v) is 3.17. The Labute approximate surface area is 117 Å². The monoisotopic (exact) mass is 320 g/mol. The van der Waals surface area contributed by atoms with Crippen molar-refractivity contribution < 1.29 is 37.4 Å². The molecule has 1 fully saturated rings. The fourth-order valence-electron chi connectivity index (χ4n) is 2.36. The predicted octanol–water partition coefficient (Wildman–Crippen LogP) is 2.21. The lowest BCUT2D eigenvalue weighted by molar-refractivity contribution is -0.134. The first-order valence-electron chi connectivity index (χ1n) is 6.10. The molecule has 0 saturated heterocycles. The van der Waals surface area contributed by atoms with E-state index in [9.17, 15) is 27.9 Å². The van der Waals surface area contributed by atoms with Crippen molar-refractivity contribution in [1.29, 1.82) is 0 Å². The van der Waals surface area contributed by atoms with Gasteiger partial charge in [-0.2, -0.15) is 0 Å². The molecule has 9 heteroatoms. The molecule has 2 aliphatic rings. The molecule has 6 nitrogen and oxygen atoms in total. The van der Waals surface area contributed by atoms with E-state index >= 15 is 0 Å². The number of carbonyl (C=O) groups is 1. The van der Waals surface area contributed by atoms with Crippen LogP contribution in [0.2, 0.25) is 0 Å². The van der Waals surface area contributed by atoms with Crippen LogP contribution in [0, 0.1) is 0 Å². The Kier molecular flexibility index (Phi) is 3.09. The van der Waals surface area contributed by atoms with Gasteiger partial charge >= 0.3 is 13.6 Å². The van der Waals surface area contributed by atoms with E-state index in [1.807, 2.05) is 0 Å². The minimum absolute atomic E-state index is 0.0110. The summed E-state index contributed by atoms with van der Waals surface area (Å²) in [5.74, 6) is -5.06. The van der Waals surface area contributed by atoms with Crippen molar-refractivity contribution in [2.75, 3.05) is 0 Å². The molecule has 114 valence electrons. The van der Waals surface area contributed by atoms with Gasteiger partial charge in [0.1, 0.15) is 11.9 Å². The number of benzene rings is 1. The van der Waals surface area contributed by atoms with Gasteiger partial charge in [-0.3, -0.25) is 4.57 Å². The highest BCUT2D eigenvalue weighted by atomic mass is 31.2. The largest absolute Gasteiger partial charge is 0.490 e. The van der Waals surface area contributed by atoms with Crippen LogP contribution in [-0.2, 0) is 9.30 Å². The van der Waals surface area contributed by atoms with Crippen LogP contribution in [0.5, 0.6) is 5.75 Å². The number of esters is 1. The van der Waals surface area contributed by atoms with Crippen molar-refractivity contribution in [3.05, 3.63) is 29.3 Å². The third kappa shape index (κ3) is 2.66. The van der Waals surface area contributed by atoms with E-state index in [2.05, 4.69) is 4.74 Å². The van der Waals surface area contributed by atoms with E-state index in [0.29, 0.717) is 0 Å². The Bertz CT molecular complexity index is 647. The van der Waals surface area contributed by atoms with E-state index in [1.165, 1.54) is 18.2 Å². The highest BCUT2D eigenvalue weighted by Gasteiger charge is 2.47. The summed E-state index contributed by atoms with van der Waals surface area (Å²) in [7, 11) is -4.67. The van der Waals surface area contributed by atoms with E-state index in [0.717, 1.165) is 0 Å². The number of alkyl halides is 2. The van der Waals surface area contributed by atoms with Crippen LogP contribution >= 0.6 is 7.60 Å². The smallest absolute Gasteiger partial charge is 0.370 e.